The summed E-state index contributed by atoms with van der Waals surface area (Å²) in [7, 11) is 0. The molecule has 2 heterocycles. The second kappa shape index (κ2) is 12.4. The summed E-state index contributed by atoms with van der Waals surface area (Å²) >= 11 is 0. The van der Waals surface area contributed by atoms with Gasteiger partial charge in [-0.15, -0.1) is 0 Å². The first-order valence-corrected chi connectivity index (χ1v) is 13.6. The summed E-state index contributed by atoms with van der Waals surface area (Å²) in [6.45, 7) is 12.4. The van der Waals surface area contributed by atoms with E-state index in [-0.39, 0.29) is 12.0 Å². The molecule has 1 aliphatic heterocycles. The first-order chi connectivity index (χ1) is 19.0. The standard InChI is InChI=1S/C31H38N4O5/c1-7-21-10-12-27(32-17-21)34-29(36)23-14-25(38-20(2)3)16-26(15-23)39-24-11-13-28(33-18-24)35(19-22-8-9-22)30(37)40-31(4,5)6/h7,10-16,18,20,22H,8-9,17,19H2,1-6H3,(H,32,34,36)/b21-7+. The van der Waals surface area contributed by atoms with Crippen molar-refractivity contribution in [3.8, 4) is 17.2 Å². The van der Waals surface area contributed by atoms with Crippen LogP contribution in [0.5, 0.6) is 17.2 Å². The van der Waals surface area contributed by atoms with Crippen LogP contribution in [0.25, 0.3) is 0 Å². The summed E-state index contributed by atoms with van der Waals surface area (Å²) in [5.74, 6) is 2.48. The minimum Gasteiger partial charge on any atom is -0.491 e. The molecule has 0 saturated heterocycles. The van der Waals surface area contributed by atoms with Crippen LogP contribution in [0, 0.1) is 5.92 Å². The Hall–Kier alpha value is -4.14. The molecular formula is C31H38N4O5. The fourth-order valence-electron chi connectivity index (χ4n) is 3.89. The molecule has 0 radical (unpaired) electrons. The van der Waals surface area contributed by atoms with Crippen LogP contribution < -0.4 is 19.7 Å². The van der Waals surface area contributed by atoms with Gasteiger partial charge >= 0.3 is 6.09 Å². The van der Waals surface area contributed by atoms with Crippen LogP contribution in [0.15, 0.2) is 65.3 Å². The maximum Gasteiger partial charge on any atom is 0.416 e. The van der Waals surface area contributed by atoms with E-state index in [9.17, 15) is 9.59 Å². The van der Waals surface area contributed by atoms with Gasteiger partial charge in [-0.05, 0) is 96.2 Å². The second-order valence-corrected chi connectivity index (χ2v) is 11.2. The third kappa shape index (κ3) is 8.43. The molecule has 0 atom stereocenters. The molecule has 4 rings (SSSR count). The first-order valence-electron chi connectivity index (χ1n) is 13.6. The number of allylic oxidation sites excluding steroid dienone is 1. The number of rotatable bonds is 8. The van der Waals surface area contributed by atoms with Gasteiger partial charge in [0.2, 0.25) is 0 Å². The van der Waals surface area contributed by atoms with Gasteiger partial charge in [-0.3, -0.25) is 14.7 Å². The molecule has 0 spiro atoms. The van der Waals surface area contributed by atoms with Crippen molar-refractivity contribution in [3.63, 3.8) is 0 Å². The highest BCUT2D eigenvalue weighted by Crippen LogP contribution is 2.33. The number of anilines is 1. The summed E-state index contributed by atoms with van der Waals surface area (Å²) in [6.07, 6.45) is 8.91. The Balaban J connectivity index is 1.51. The van der Waals surface area contributed by atoms with Gasteiger partial charge in [-0.2, -0.15) is 0 Å². The van der Waals surface area contributed by atoms with Crippen molar-refractivity contribution in [2.24, 2.45) is 10.9 Å². The summed E-state index contributed by atoms with van der Waals surface area (Å²) in [4.78, 5) is 36.4. The van der Waals surface area contributed by atoms with Crippen LogP contribution in [0.4, 0.5) is 10.6 Å². The maximum atomic E-state index is 13.1. The van der Waals surface area contributed by atoms with Crippen LogP contribution in [-0.2, 0) is 4.74 Å². The molecule has 1 fully saturated rings. The largest absolute Gasteiger partial charge is 0.491 e. The zero-order valence-electron chi connectivity index (χ0n) is 24.1. The number of carbonyl (C=O) groups is 2. The maximum absolute atomic E-state index is 13.1. The van der Waals surface area contributed by atoms with Crippen molar-refractivity contribution in [1.29, 1.82) is 0 Å². The van der Waals surface area contributed by atoms with Gasteiger partial charge in [-0.1, -0.05) is 12.2 Å². The van der Waals surface area contributed by atoms with Crippen LogP contribution >= 0.6 is 0 Å². The number of pyridine rings is 1. The number of carbonyl (C=O) groups excluding carboxylic acids is 2. The van der Waals surface area contributed by atoms with E-state index < -0.39 is 11.7 Å². The molecule has 0 unspecified atom stereocenters. The Labute approximate surface area is 235 Å². The zero-order chi connectivity index (χ0) is 28.9. The lowest BCUT2D eigenvalue weighted by molar-refractivity contribution is 0.0577. The summed E-state index contributed by atoms with van der Waals surface area (Å²) in [5, 5.41) is 2.84. The van der Waals surface area contributed by atoms with Crippen LogP contribution in [0.3, 0.4) is 0 Å². The number of nitrogens with one attached hydrogen (secondary N) is 1. The number of nitrogens with zero attached hydrogens (tertiary/aromatic N) is 3. The Bertz CT molecular complexity index is 1320. The number of aliphatic imine (C=N–C) groups is 1. The molecule has 9 nitrogen and oxygen atoms in total. The predicted molar refractivity (Wildman–Crippen MR) is 155 cm³/mol. The van der Waals surface area contributed by atoms with Crippen molar-refractivity contribution in [1.82, 2.24) is 10.3 Å². The van der Waals surface area contributed by atoms with E-state index in [1.54, 1.807) is 47.5 Å². The normalized spacial score (nSPS) is 16.0. The lowest BCUT2D eigenvalue weighted by Gasteiger charge is -2.26. The van der Waals surface area contributed by atoms with Crippen LogP contribution in [-0.4, -0.2) is 47.6 Å². The highest BCUT2D eigenvalue weighted by atomic mass is 16.6. The fraction of sp³-hybridized carbons (Fsp3) is 0.419. The molecule has 1 saturated carbocycles. The molecular weight excluding hydrogens is 508 g/mol. The zero-order valence-corrected chi connectivity index (χ0v) is 24.1. The van der Waals surface area contributed by atoms with Crippen molar-refractivity contribution in [2.75, 3.05) is 18.0 Å². The SMILES string of the molecule is C/C=C1\C=CC(NC(=O)c2cc(Oc3ccc(N(CC4CC4)C(=O)OC(C)(C)C)nc3)cc(OC(C)C)c2)=NC1. The lowest BCUT2D eigenvalue weighted by Crippen LogP contribution is -2.38. The van der Waals surface area contributed by atoms with E-state index in [0.29, 0.717) is 53.5 Å². The van der Waals surface area contributed by atoms with Crippen molar-refractivity contribution < 1.29 is 23.8 Å². The van der Waals surface area contributed by atoms with Gasteiger partial charge in [0.25, 0.3) is 5.91 Å². The second-order valence-electron chi connectivity index (χ2n) is 11.2. The molecule has 1 aromatic carbocycles. The van der Waals surface area contributed by atoms with Gasteiger partial charge in [-0.25, -0.2) is 9.78 Å². The van der Waals surface area contributed by atoms with Crippen molar-refractivity contribution >= 4 is 23.7 Å². The van der Waals surface area contributed by atoms with Gasteiger partial charge in [0, 0.05) is 18.2 Å². The molecule has 212 valence electrons. The highest BCUT2D eigenvalue weighted by Gasteiger charge is 2.31. The number of hydrogen-bond acceptors (Lipinski definition) is 7. The minimum atomic E-state index is -0.607. The number of hydrogen-bond donors (Lipinski definition) is 1. The van der Waals surface area contributed by atoms with Crippen molar-refractivity contribution in [3.05, 3.63) is 65.9 Å². The number of amides is 2. The third-order valence-electron chi connectivity index (χ3n) is 6.00. The topological polar surface area (TPSA) is 102 Å². The average Bonchev–Trinajstić information content (AvgIpc) is 3.71. The number of amidine groups is 1. The molecule has 40 heavy (non-hydrogen) atoms. The summed E-state index contributed by atoms with van der Waals surface area (Å²) in [5.41, 5.74) is 0.846. The predicted octanol–water partition coefficient (Wildman–Crippen LogP) is 6.46. The van der Waals surface area contributed by atoms with E-state index in [4.69, 9.17) is 14.2 Å². The number of aromatic nitrogens is 1. The molecule has 9 heteroatoms. The van der Waals surface area contributed by atoms with Crippen LogP contribution in [0.2, 0.25) is 0 Å². The van der Waals surface area contributed by atoms with E-state index in [1.807, 2.05) is 53.7 Å². The number of dihydropyridines is 1. The highest BCUT2D eigenvalue weighted by molar-refractivity contribution is 6.11. The van der Waals surface area contributed by atoms with Gasteiger partial charge in [0.05, 0.1) is 18.8 Å². The molecule has 2 aromatic rings. The van der Waals surface area contributed by atoms with E-state index in [2.05, 4.69) is 15.3 Å². The summed E-state index contributed by atoms with van der Waals surface area (Å²) < 4.78 is 17.5. The molecule has 2 amide bonds. The quantitative estimate of drug-likeness (QED) is 0.408. The minimum absolute atomic E-state index is 0.0951. The van der Waals surface area contributed by atoms with Gasteiger partial charge in [0.15, 0.2) is 0 Å². The van der Waals surface area contributed by atoms with Crippen molar-refractivity contribution in [2.45, 2.75) is 66.1 Å². The van der Waals surface area contributed by atoms with Gasteiger partial charge in [0.1, 0.15) is 34.5 Å². The summed E-state index contributed by atoms with van der Waals surface area (Å²) in [6, 6.07) is 8.51. The fourth-order valence-corrected chi connectivity index (χ4v) is 3.89. The Kier molecular flexibility index (Phi) is 8.92. The van der Waals surface area contributed by atoms with E-state index in [1.165, 1.54) is 0 Å². The number of benzene rings is 1. The Morgan fingerprint density at radius 2 is 1.85 bits per heavy atom. The Morgan fingerprint density at radius 1 is 1.10 bits per heavy atom. The molecule has 1 aromatic heterocycles. The average molecular weight is 547 g/mol. The molecule has 0 bridgehead atoms. The van der Waals surface area contributed by atoms with Crippen LogP contribution in [0.1, 0.15) is 64.7 Å². The first kappa shape index (κ1) is 28.9. The monoisotopic (exact) mass is 546 g/mol. The molecule has 1 N–H and O–H groups in total. The number of ether oxygens (including phenoxy) is 3. The third-order valence-corrected chi connectivity index (χ3v) is 6.00. The van der Waals surface area contributed by atoms with E-state index >= 15 is 0 Å². The Morgan fingerprint density at radius 3 is 2.42 bits per heavy atom. The smallest absolute Gasteiger partial charge is 0.416 e. The van der Waals surface area contributed by atoms with E-state index in [0.717, 1.165) is 18.4 Å². The van der Waals surface area contributed by atoms with Gasteiger partial charge < -0.3 is 19.5 Å². The molecule has 2 aliphatic rings. The molecule has 1 aliphatic carbocycles. The lowest BCUT2D eigenvalue weighted by atomic mass is 10.1.